The molecule has 0 radical (unpaired) electrons. The number of aliphatic hydroxyl groups is 1. The first-order valence-corrected chi connectivity index (χ1v) is 12.3. The smallest absolute Gasteiger partial charge is 0.223 e. The lowest BCUT2D eigenvalue weighted by molar-refractivity contribution is -0.134. The number of aliphatic hydroxyl groups excluding tert-OH is 1. The number of halogens is 2. The van der Waals surface area contributed by atoms with Gasteiger partial charge < -0.3 is 10.0 Å². The van der Waals surface area contributed by atoms with Crippen LogP contribution in [0.15, 0.2) is 18.5 Å². The van der Waals surface area contributed by atoms with Crippen molar-refractivity contribution in [1.29, 1.82) is 0 Å². The maximum absolute atomic E-state index is 14.7. The number of pyridine rings is 1. The molecule has 2 aliphatic rings. The van der Waals surface area contributed by atoms with Gasteiger partial charge in [-0.05, 0) is 50.0 Å². The summed E-state index contributed by atoms with van der Waals surface area (Å²) < 4.78 is 14.7. The molecule has 2 N–H and O–H groups in total. The molecule has 1 aliphatic heterocycles. The van der Waals surface area contributed by atoms with Crippen LogP contribution in [0, 0.1) is 17.7 Å². The molecule has 180 valence electrons. The zero-order valence-corrected chi connectivity index (χ0v) is 19.6. The molecule has 1 saturated carbocycles. The summed E-state index contributed by atoms with van der Waals surface area (Å²) in [4.78, 5) is 27.5. The van der Waals surface area contributed by atoms with Crippen LogP contribution in [-0.4, -0.2) is 60.3 Å². The third-order valence-corrected chi connectivity index (χ3v) is 7.37. The van der Waals surface area contributed by atoms with Crippen molar-refractivity contribution in [3.05, 3.63) is 35.0 Å². The molecule has 4 heterocycles. The second-order valence-corrected chi connectivity index (χ2v) is 9.92. The van der Waals surface area contributed by atoms with E-state index in [0.29, 0.717) is 46.1 Å². The summed E-state index contributed by atoms with van der Waals surface area (Å²) in [6.45, 7) is 0.764. The number of carbonyl (C=O) groups excluding carboxylic acids is 1. The molecule has 1 aliphatic carbocycles. The van der Waals surface area contributed by atoms with Crippen molar-refractivity contribution < 1.29 is 14.3 Å². The molecule has 3 aromatic rings. The number of amides is 1. The molecule has 34 heavy (non-hydrogen) atoms. The van der Waals surface area contributed by atoms with Crippen LogP contribution in [0.1, 0.15) is 50.6 Å². The highest BCUT2D eigenvalue weighted by atomic mass is 35.5. The standard InChI is InChI=1S/C24H28ClFN6O2/c25-16-10-18-22(30-31-23(18)27-11-16)24-28-12-19(26)20(29-24)8-14-3-1-4-15(7-14)9-21(34)32-6-2-5-17(32)13-33/h10-12,14-15,17,33H,1-9,13H2,(H,27,30,31)/t14-,15+,17-/m0/s1. The van der Waals surface area contributed by atoms with Gasteiger partial charge >= 0.3 is 0 Å². The lowest BCUT2D eigenvalue weighted by atomic mass is 9.77. The molecule has 0 bridgehead atoms. The number of carbonyl (C=O) groups is 1. The van der Waals surface area contributed by atoms with Crippen LogP contribution in [-0.2, 0) is 11.2 Å². The average molecular weight is 487 g/mol. The number of nitrogens with one attached hydrogen (secondary N) is 1. The minimum atomic E-state index is -0.426. The molecule has 2 fully saturated rings. The van der Waals surface area contributed by atoms with Gasteiger partial charge in [-0.3, -0.25) is 9.89 Å². The molecule has 1 amide bonds. The summed E-state index contributed by atoms with van der Waals surface area (Å²) in [6, 6.07) is 1.70. The Balaban J connectivity index is 1.28. The van der Waals surface area contributed by atoms with Crippen LogP contribution in [0.3, 0.4) is 0 Å². The summed E-state index contributed by atoms with van der Waals surface area (Å²) in [5.74, 6) is 0.599. The fourth-order valence-corrected chi connectivity index (χ4v) is 5.63. The zero-order valence-electron chi connectivity index (χ0n) is 18.9. The van der Waals surface area contributed by atoms with E-state index < -0.39 is 5.82 Å². The number of H-pyrrole nitrogens is 1. The zero-order chi connectivity index (χ0) is 23.7. The summed E-state index contributed by atoms with van der Waals surface area (Å²) in [5, 5.41) is 17.7. The Labute approximate surface area is 202 Å². The molecule has 8 nitrogen and oxygen atoms in total. The second kappa shape index (κ2) is 9.92. The Bertz CT molecular complexity index is 1190. The maximum Gasteiger partial charge on any atom is 0.223 e. The van der Waals surface area contributed by atoms with Gasteiger partial charge in [0.2, 0.25) is 5.91 Å². The highest BCUT2D eigenvalue weighted by Crippen LogP contribution is 2.35. The van der Waals surface area contributed by atoms with E-state index in [-0.39, 0.29) is 30.4 Å². The number of aromatic nitrogens is 5. The maximum atomic E-state index is 14.7. The molecular formula is C24H28ClFN6O2. The van der Waals surface area contributed by atoms with E-state index in [2.05, 4.69) is 25.1 Å². The van der Waals surface area contributed by atoms with E-state index in [1.807, 2.05) is 4.90 Å². The van der Waals surface area contributed by atoms with Crippen molar-refractivity contribution in [3.63, 3.8) is 0 Å². The number of nitrogens with zero attached hydrogens (tertiary/aromatic N) is 5. The van der Waals surface area contributed by atoms with Crippen molar-refractivity contribution in [1.82, 2.24) is 30.0 Å². The average Bonchev–Trinajstić information content (AvgIpc) is 3.47. The number of rotatable bonds is 6. The van der Waals surface area contributed by atoms with Crippen LogP contribution in [0.2, 0.25) is 5.02 Å². The molecule has 0 aromatic carbocycles. The van der Waals surface area contributed by atoms with E-state index in [4.69, 9.17) is 11.6 Å². The Kier molecular flexibility index (Phi) is 6.74. The summed E-state index contributed by atoms with van der Waals surface area (Å²) in [5.41, 5.74) is 1.43. The molecule has 3 aromatic heterocycles. The summed E-state index contributed by atoms with van der Waals surface area (Å²) in [6.07, 6.45) is 9.42. The first kappa shape index (κ1) is 23.1. The first-order valence-electron chi connectivity index (χ1n) is 11.9. The van der Waals surface area contributed by atoms with Gasteiger partial charge in [-0.1, -0.05) is 24.4 Å². The molecule has 3 atom stereocenters. The Morgan fingerprint density at radius 2 is 2.06 bits per heavy atom. The normalized spacial score (nSPS) is 23.0. The number of likely N-dealkylation sites (tertiary alicyclic amines) is 1. The summed E-state index contributed by atoms with van der Waals surface area (Å²) in [7, 11) is 0. The molecular weight excluding hydrogens is 459 g/mol. The van der Waals surface area contributed by atoms with Gasteiger partial charge in [0.25, 0.3) is 0 Å². The topological polar surface area (TPSA) is 108 Å². The predicted octanol–water partition coefficient (Wildman–Crippen LogP) is 3.93. The van der Waals surface area contributed by atoms with Crippen LogP contribution in [0.25, 0.3) is 22.6 Å². The van der Waals surface area contributed by atoms with Crippen molar-refractivity contribution in [3.8, 4) is 11.5 Å². The number of hydrogen-bond acceptors (Lipinski definition) is 6. The fraction of sp³-hybridized carbons (Fsp3) is 0.542. The van der Waals surface area contributed by atoms with Crippen molar-refractivity contribution >= 4 is 28.5 Å². The van der Waals surface area contributed by atoms with Crippen LogP contribution in [0.4, 0.5) is 4.39 Å². The van der Waals surface area contributed by atoms with Crippen molar-refractivity contribution in [2.24, 2.45) is 11.8 Å². The van der Waals surface area contributed by atoms with Gasteiger partial charge in [0.1, 0.15) is 5.69 Å². The lowest BCUT2D eigenvalue weighted by Gasteiger charge is -2.31. The molecule has 1 saturated heterocycles. The summed E-state index contributed by atoms with van der Waals surface area (Å²) >= 11 is 6.08. The predicted molar refractivity (Wildman–Crippen MR) is 125 cm³/mol. The van der Waals surface area contributed by atoms with Crippen LogP contribution >= 0.6 is 11.6 Å². The third-order valence-electron chi connectivity index (χ3n) is 7.16. The van der Waals surface area contributed by atoms with Gasteiger partial charge in [0.15, 0.2) is 17.3 Å². The highest BCUT2D eigenvalue weighted by molar-refractivity contribution is 6.31. The molecule has 0 spiro atoms. The number of hydrogen-bond donors (Lipinski definition) is 2. The van der Waals surface area contributed by atoms with Gasteiger partial charge in [-0.2, -0.15) is 5.10 Å². The van der Waals surface area contributed by atoms with E-state index in [0.717, 1.165) is 45.1 Å². The minimum absolute atomic E-state index is 0.0300. The minimum Gasteiger partial charge on any atom is -0.394 e. The Morgan fingerprint density at radius 1 is 1.21 bits per heavy atom. The van der Waals surface area contributed by atoms with Crippen molar-refractivity contribution in [2.45, 2.75) is 57.4 Å². The number of fused-ring (bicyclic) bond motifs is 1. The number of aromatic amines is 1. The van der Waals surface area contributed by atoms with E-state index in [1.165, 1.54) is 12.4 Å². The van der Waals surface area contributed by atoms with Crippen LogP contribution < -0.4 is 0 Å². The SMILES string of the molecule is O=C(C[C@@H]1CCC[C@H](Cc2nc(-c3[nH]nc4ncc(Cl)cc34)ncc2F)C1)N1CCC[C@H]1CO. The van der Waals surface area contributed by atoms with E-state index >= 15 is 0 Å². The lowest BCUT2D eigenvalue weighted by Crippen LogP contribution is -2.38. The Hall–Kier alpha value is -2.65. The quantitative estimate of drug-likeness (QED) is 0.546. The first-order chi connectivity index (χ1) is 16.5. The van der Waals surface area contributed by atoms with Gasteiger partial charge in [0, 0.05) is 19.2 Å². The van der Waals surface area contributed by atoms with Gasteiger partial charge in [-0.15, -0.1) is 0 Å². The Morgan fingerprint density at radius 3 is 2.91 bits per heavy atom. The largest absolute Gasteiger partial charge is 0.394 e. The van der Waals surface area contributed by atoms with E-state index in [9.17, 15) is 14.3 Å². The monoisotopic (exact) mass is 486 g/mol. The third kappa shape index (κ3) is 4.77. The highest BCUT2D eigenvalue weighted by Gasteiger charge is 2.31. The van der Waals surface area contributed by atoms with Gasteiger partial charge in [0.05, 0.1) is 34.9 Å². The second-order valence-electron chi connectivity index (χ2n) is 9.48. The molecule has 0 unspecified atom stereocenters. The fourth-order valence-electron chi connectivity index (χ4n) is 5.48. The van der Waals surface area contributed by atoms with Crippen molar-refractivity contribution in [2.75, 3.05) is 13.2 Å². The molecule has 5 rings (SSSR count). The van der Waals surface area contributed by atoms with E-state index in [1.54, 1.807) is 6.07 Å². The van der Waals surface area contributed by atoms with Crippen LogP contribution in [0.5, 0.6) is 0 Å². The molecule has 10 heteroatoms. The van der Waals surface area contributed by atoms with Gasteiger partial charge in [-0.25, -0.2) is 19.3 Å².